The minimum atomic E-state index is 0.548. The number of hydrogen-bond acceptors (Lipinski definition) is 6. The molecule has 2 rings (SSSR count). The SMILES string of the molecule is CN=C(NCc1nc(C)c(C)s1)Nc1cc(OC)c(OC)c(OC)c1. The standard InChI is InChI=1S/C17H24N4O3S/c1-10-11(2)25-15(20-10)9-19-17(18-3)21-12-7-13(22-4)16(24-6)14(8-12)23-5/h7-8H,9H2,1-6H3,(H2,18,19,21). The summed E-state index contributed by atoms with van der Waals surface area (Å²) in [5.74, 6) is 2.32. The van der Waals surface area contributed by atoms with E-state index in [-0.39, 0.29) is 0 Å². The molecule has 1 aromatic heterocycles. The van der Waals surface area contributed by atoms with E-state index in [2.05, 4.69) is 27.5 Å². The average molecular weight is 364 g/mol. The highest BCUT2D eigenvalue weighted by atomic mass is 32.1. The molecule has 1 heterocycles. The highest BCUT2D eigenvalue weighted by Gasteiger charge is 2.14. The third-order valence-electron chi connectivity index (χ3n) is 3.63. The van der Waals surface area contributed by atoms with Gasteiger partial charge < -0.3 is 24.8 Å². The predicted molar refractivity (Wildman–Crippen MR) is 102 cm³/mol. The number of aryl methyl sites for hydroxylation is 2. The summed E-state index contributed by atoms with van der Waals surface area (Å²) in [5, 5.41) is 7.49. The number of aromatic nitrogens is 1. The normalized spacial score (nSPS) is 11.2. The molecule has 0 fully saturated rings. The van der Waals surface area contributed by atoms with Crippen LogP contribution < -0.4 is 24.8 Å². The maximum absolute atomic E-state index is 5.37. The molecule has 0 unspecified atom stereocenters. The molecule has 136 valence electrons. The topological polar surface area (TPSA) is 77.0 Å². The fourth-order valence-electron chi connectivity index (χ4n) is 2.24. The molecule has 2 N–H and O–H groups in total. The molecule has 0 aliphatic heterocycles. The third kappa shape index (κ3) is 4.54. The molecule has 0 atom stereocenters. The zero-order chi connectivity index (χ0) is 18.4. The first-order chi connectivity index (χ1) is 12.0. The van der Waals surface area contributed by atoms with E-state index >= 15 is 0 Å². The van der Waals surface area contributed by atoms with Gasteiger partial charge in [0.25, 0.3) is 0 Å². The van der Waals surface area contributed by atoms with Crippen LogP contribution in [0.1, 0.15) is 15.6 Å². The summed E-state index contributed by atoms with van der Waals surface area (Å²) >= 11 is 1.68. The van der Waals surface area contributed by atoms with Crippen molar-refractivity contribution in [3.8, 4) is 17.2 Å². The highest BCUT2D eigenvalue weighted by Crippen LogP contribution is 2.39. The predicted octanol–water partition coefficient (Wildman–Crippen LogP) is 2.97. The lowest BCUT2D eigenvalue weighted by Crippen LogP contribution is -2.30. The Morgan fingerprint density at radius 2 is 1.76 bits per heavy atom. The van der Waals surface area contributed by atoms with Gasteiger partial charge >= 0.3 is 0 Å². The maximum Gasteiger partial charge on any atom is 0.203 e. The molecule has 8 heteroatoms. The summed E-state index contributed by atoms with van der Waals surface area (Å²) < 4.78 is 16.1. The van der Waals surface area contributed by atoms with E-state index in [9.17, 15) is 0 Å². The molecule has 25 heavy (non-hydrogen) atoms. The summed E-state index contributed by atoms with van der Waals surface area (Å²) in [7, 11) is 6.46. The molecular weight excluding hydrogens is 340 g/mol. The summed E-state index contributed by atoms with van der Waals surface area (Å²) in [6, 6.07) is 3.65. The van der Waals surface area contributed by atoms with Gasteiger partial charge in [0, 0.05) is 29.7 Å². The van der Waals surface area contributed by atoms with Gasteiger partial charge in [0.1, 0.15) is 5.01 Å². The van der Waals surface area contributed by atoms with Crippen LogP contribution in [0.2, 0.25) is 0 Å². The van der Waals surface area contributed by atoms with E-state index in [1.165, 1.54) is 4.88 Å². The van der Waals surface area contributed by atoms with Crippen molar-refractivity contribution in [1.82, 2.24) is 10.3 Å². The molecule has 0 aliphatic carbocycles. The van der Waals surface area contributed by atoms with E-state index < -0.39 is 0 Å². The van der Waals surface area contributed by atoms with E-state index in [4.69, 9.17) is 14.2 Å². The number of aliphatic imine (C=N–C) groups is 1. The number of ether oxygens (including phenoxy) is 3. The Kier molecular flexibility index (Phi) is 6.46. The second kappa shape index (κ2) is 8.57. The number of rotatable bonds is 6. The highest BCUT2D eigenvalue weighted by molar-refractivity contribution is 7.11. The first kappa shape index (κ1) is 18.9. The van der Waals surface area contributed by atoms with E-state index in [1.54, 1.807) is 39.7 Å². The van der Waals surface area contributed by atoms with Crippen molar-refractivity contribution in [3.63, 3.8) is 0 Å². The van der Waals surface area contributed by atoms with E-state index in [1.807, 2.05) is 19.1 Å². The van der Waals surface area contributed by atoms with Gasteiger partial charge in [-0.3, -0.25) is 4.99 Å². The van der Waals surface area contributed by atoms with Gasteiger partial charge in [-0.2, -0.15) is 0 Å². The van der Waals surface area contributed by atoms with Crippen LogP contribution in [0, 0.1) is 13.8 Å². The fourth-order valence-corrected chi connectivity index (χ4v) is 3.12. The van der Waals surface area contributed by atoms with Crippen molar-refractivity contribution >= 4 is 23.0 Å². The van der Waals surface area contributed by atoms with Crippen molar-refractivity contribution in [3.05, 3.63) is 27.7 Å². The zero-order valence-corrected chi connectivity index (χ0v) is 16.2. The van der Waals surface area contributed by atoms with Crippen molar-refractivity contribution in [2.45, 2.75) is 20.4 Å². The second-order valence-corrected chi connectivity index (χ2v) is 6.50. The number of thiazole rings is 1. The number of methoxy groups -OCH3 is 3. The molecule has 2 aromatic rings. The van der Waals surface area contributed by atoms with Gasteiger partial charge in [-0.15, -0.1) is 11.3 Å². The minimum absolute atomic E-state index is 0.548. The lowest BCUT2D eigenvalue weighted by Gasteiger charge is -2.16. The molecule has 0 amide bonds. The van der Waals surface area contributed by atoms with Crippen LogP contribution in [-0.4, -0.2) is 39.3 Å². The smallest absolute Gasteiger partial charge is 0.203 e. The Balaban J connectivity index is 2.13. The Morgan fingerprint density at radius 3 is 2.20 bits per heavy atom. The Labute approximate surface area is 152 Å². The summed E-state index contributed by atoms with van der Waals surface area (Å²) in [6.45, 7) is 4.68. The van der Waals surface area contributed by atoms with Crippen LogP contribution in [0.5, 0.6) is 17.2 Å². The first-order valence-electron chi connectivity index (χ1n) is 7.73. The van der Waals surface area contributed by atoms with Crippen LogP contribution in [0.15, 0.2) is 17.1 Å². The van der Waals surface area contributed by atoms with Crippen molar-refractivity contribution in [2.24, 2.45) is 4.99 Å². The van der Waals surface area contributed by atoms with Crippen LogP contribution >= 0.6 is 11.3 Å². The Morgan fingerprint density at radius 1 is 1.12 bits per heavy atom. The van der Waals surface area contributed by atoms with Crippen LogP contribution in [-0.2, 0) is 6.54 Å². The Hall–Kier alpha value is -2.48. The van der Waals surface area contributed by atoms with Gasteiger partial charge in [0.05, 0.1) is 33.6 Å². The molecule has 1 aromatic carbocycles. The minimum Gasteiger partial charge on any atom is -0.493 e. The number of nitrogens with zero attached hydrogens (tertiary/aromatic N) is 2. The summed E-state index contributed by atoms with van der Waals surface area (Å²) in [6.07, 6.45) is 0. The van der Waals surface area contributed by atoms with Crippen LogP contribution in [0.4, 0.5) is 5.69 Å². The summed E-state index contributed by atoms with van der Waals surface area (Å²) in [4.78, 5) is 9.98. The van der Waals surface area contributed by atoms with Crippen molar-refractivity contribution in [1.29, 1.82) is 0 Å². The molecule has 0 spiro atoms. The molecule has 0 bridgehead atoms. The molecule has 0 aliphatic rings. The quantitative estimate of drug-likeness (QED) is 0.606. The molecular formula is C17H24N4O3S. The summed E-state index contributed by atoms with van der Waals surface area (Å²) in [5.41, 5.74) is 1.84. The van der Waals surface area contributed by atoms with Gasteiger partial charge in [-0.25, -0.2) is 4.98 Å². The van der Waals surface area contributed by atoms with Gasteiger partial charge in [0.2, 0.25) is 5.75 Å². The molecule has 0 saturated heterocycles. The lowest BCUT2D eigenvalue weighted by atomic mass is 10.2. The second-order valence-electron chi connectivity index (χ2n) is 5.21. The number of guanidine groups is 1. The third-order valence-corrected chi connectivity index (χ3v) is 4.70. The fraction of sp³-hybridized carbons (Fsp3) is 0.412. The average Bonchev–Trinajstić information content (AvgIpc) is 2.95. The lowest BCUT2D eigenvalue weighted by molar-refractivity contribution is 0.324. The van der Waals surface area contributed by atoms with Crippen LogP contribution in [0.25, 0.3) is 0 Å². The Bertz CT molecular complexity index is 714. The zero-order valence-electron chi connectivity index (χ0n) is 15.4. The largest absolute Gasteiger partial charge is 0.493 e. The number of anilines is 1. The molecule has 7 nitrogen and oxygen atoms in total. The van der Waals surface area contributed by atoms with E-state index in [0.29, 0.717) is 29.8 Å². The maximum atomic E-state index is 5.37. The van der Waals surface area contributed by atoms with Gasteiger partial charge in [0.15, 0.2) is 17.5 Å². The van der Waals surface area contributed by atoms with Gasteiger partial charge in [-0.1, -0.05) is 0 Å². The van der Waals surface area contributed by atoms with Crippen LogP contribution in [0.3, 0.4) is 0 Å². The van der Waals surface area contributed by atoms with E-state index in [0.717, 1.165) is 16.4 Å². The number of benzene rings is 1. The van der Waals surface area contributed by atoms with Crippen molar-refractivity contribution in [2.75, 3.05) is 33.7 Å². The molecule has 0 saturated carbocycles. The van der Waals surface area contributed by atoms with Gasteiger partial charge in [-0.05, 0) is 13.8 Å². The number of hydrogen-bond donors (Lipinski definition) is 2. The number of nitrogens with one attached hydrogen (secondary N) is 2. The monoisotopic (exact) mass is 364 g/mol. The molecule has 0 radical (unpaired) electrons. The first-order valence-corrected chi connectivity index (χ1v) is 8.54. The van der Waals surface area contributed by atoms with Crippen molar-refractivity contribution < 1.29 is 14.2 Å².